The Morgan fingerprint density at radius 3 is 2.65 bits per heavy atom. The van der Waals surface area contributed by atoms with E-state index >= 15 is 0 Å². The second kappa shape index (κ2) is 5.38. The first kappa shape index (κ1) is 12.9. The summed E-state index contributed by atoms with van der Waals surface area (Å²) in [6.07, 6.45) is 7.90. The summed E-state index contributed by atoms with van der Waals surface area (Å²) in [4.78, 5) is 4.54. The average Bonchev–Trinajstić information content (AvgIpc) is 2.99. The van der Waals surface area contributed by atoms with Crippen molar-refractivity contribution >= 4 is 11.6 Å². The summed E-state index contributed by atoms with van der Waals surface area (Å²) in [6.45, 7) is 4.32. The van der Waals surface area contributed by atoms with E-state index in [9.17, 15) is 0 Å². The fourth-order valence-electron chi connectivity index (χ4n) is 2.73. The summed E-state index contributed by atoms with van der Waals surface area (Å²) < 4.78 is 5.46. The third-order valence-corrected chi connectivity index (χ3v) is 4.37. The third-order valence-electron chi connectivity index (χ3n) is 3.96. The van der Waals surface area contributed by atoms with Gasteiger partial charge in [0.2, 0.25) is 5.89 Å². The van der Waals surface area contributed by atoms with Crippen LogP contribution in [0, 0.1) is 0 Å². The van der Waals surface area contributed by atoms with Crippen LogP contribution in [0.4, 0.5) is 0 Å². The number of hydrogen-bond acceptors (Lipinski definition) is 3. The number of aromatic nitrogens is 2. The molecule has 1 heterocycles. The topological polar surface area (TPSA) is 38.9 Å². The predicted molar refractivity (Wildman–Crippen MR) is 68.2 cm³/mol. The summed E-state index contributed by atoms with van der Waals surface area (Å²) in [5, 5.41) is 3.95. The maximum atomic E-state index is 6.23. The summed E-state index contributed by atoms with van der Waals surface area (Å²) >= 11 is 6.23. The van der Waals surface area contributed by atoms with E-state index in [4.69, 9.17) is 16.1 Å². The Morgan fingerprint density at radius 1 is 1.35 bits per heavy atom. The fourth-order valence-corrected chi connectivity index (χ4v) is 3.04. The molecule has 0 saturated heterocycles. The highest BCUT2D eigenvalue weighted by atomic mass is 35.5. The second-order valence-corrected chi connectivity index (χ2v) is 5.58. The number of rotatable bonds is 5. The van der Waals surface area contributed by atoms with Gasteiger partial charge in [0.15, 0.2) is 5.82 Å². The van der Waals surface area contributed by atoms with Gasteiger partial charge in [0.05, 0.1) is 5.38 Å². The van der Waals surface area contributed by atoms with Crippen molar-refractivity contribution in [3.05, 3.63) is 11.7 Å². The van der Waals surface area contributed by atoms with Gasteiger partial charge in [-0.2, -0.15) is 4.98 Å². The van der Waals surface area contributed by atoms with Gasteiger partial charge in [-0.3, -0.25) is 0 Å². The lowest BCUT2D eigenvalue weighted by atomic mass is 9.83. The lowest BCUT2D eigenvalue weighted by molar-refractivity contribution is 0.271. The molecule has 2 rings (SSSR count). The van der Waals surface area contributed by atoms with Crippen LogP contribution in [-0.4, -0.2) is 10.1 Å². The third kappa shape index (κ3) is 2.49. The predicted octanol–water partition coefficient (Wildman–Crippen LogP) is 4.37. The van der Waals surface area contributed by atoms with E-state index in [0.29, 0.717) is 5.82 Å². The number of hydrogen-bond donors (Lipinski definition) is 0. The molecule has 1 atom stereocenters. The Labute approximate surface area is 108 Å². The average molecular weight is 257 g/mol. The molecule has 0 N–H and O–H groups in total. The lowest BCUT2D eigenvalue weighted by Gasteiger charge is -2.21. The number of halogens is 1. The van der Waals surface area contributed by atoms with E-state index in [1.165, 1.54) is 25.7 Å². The number of alkyl halides is 1. The molecule has 1 aromatic rings. The van der Waals surface area contributed by atoms with Crippen molar-refractivity contribution in [2.24, 2.45) is 0 Å². The molecule has 1 aliphatic rings. The van der Waals surface area contributed by atoms with Gasteiger partial charge in [-0.1, -0.05) is 38.3 Å². The van der Waals surface area contributed by atoms with Crippen LogP contribution in [0.2, 0.25) is 0 Å². The summed E-state index contributed by atoms with van der Waals surface area (Å²) in [6, 6.07) is 0. The highest BCUT2D eigenvalue weighted by Crippen LogP contribution is 2.43. The molecule has 0 aliphatic heterocycles. The monoisotopic (exact) mass is 256 g/mol. The zero-order valence-electron chi connectivity index (χ0n) is 10.7. The van der Waals surface area contributed by atoms with E-state index in [1.54, 1.807) is 0 Å². The van der Waals surface area contributed by atoms with Crippen molar-refractivity contribution < 1.29 is 4.52 Å². The quantitative estimate of drug-likeness (QED) is 0.735. The van der Waals surface area contributed by atoms with Gasteiger partial charge in [0.1, 0.15) is 0 Å². The zero-order chi connectivity index (χ0) is 12.3. The molecule has 96 valence electrons. The summed E-state index contributed by atoms with van der Waals surface area (Å²) in [7, 11) is 0. The van der Waals surface area contributed by atoms with Gasteiger partial charge in [0, 0.05) is 5.41 Å². The van der Waals surface area contributed by atoms with Crippen LogP contribution in [-0.2, 0) is 5.41 Å². The maximum absolute atomic E-state index is 6.23. The van der Waals surface area contributed by atoms with E-state index in [0.717, 1.165) is 25.2 Å². The van der Waals surface area contributed by atoms with Gasteiger partial charge in [-0.25, -0.2) is 0 Å². The van der Waals surface area contributed by atoms with Crippen LogP contribution < -0.4 is 0 Å². The molecule has 1 fully saturated rings. The van der Waals surface area contributed by atoms with Gasteiger partial charge in [0.25, 0.3) is 0 Å². The van der Waals surface area contributed by atoms with Gasteiger partial charge in [-0.15, -0.1) is 11.6 Å². The van der Waals surface area contributed by atoms with E-state index < -0.39 is 0 Å². The SMILES string of the molecule is CCCC(Cl)c1noc(C2(CC)CCCC2)n1. The van der Waals surface area contributed by atoms with Crippen LogP contribution in [0.1, 0.15) is 75.9 Å². The minimum absolute atomic E-state index is 0.104. The molecule has 0 aromatic carbocycles. The van der Waals surface area contributed by atoms with Crippen molar-refractivity contribution in [1.82, 2.24) is 10.1 Å². The molecule has 4 heteroatoms. The normalized spacial score (nSPS) is 20.6. The van der Waals surface area contributed by atoms with E-state index in [1.807, 2.05) is 0 Å². The number of nitrogens with zero attached hydrogens (tertiary/aromatic N) is 2. The summed E-state index contributed by atoms with van der Waals surface area (Å²) in [5.41, 5.74) is 0.133. The molecular weight excluding hydrogens is 236 g/mol. The molecule has 1 unspecified atom stereocenters. The Bertz CT molecular complexity index is 358. The Kier molecular flexibility index (Phi) is 4.08. The fraction of sp³-hybridized carbons (Fsp3) is 0.846. The smallest absolute Gasteiger partial charge is 0.232 e. The van der Waals surface area contributed by atoms with Crippen LogP contribution >= 0.6 is 11.6 Å². The van der Waals surface area contributed by atoms with E-state index in [2.05, 4.69) is 24.0 Å². The first-order valence-electron chi connectivity index (χ1n) is 6.70. The minimum Gasteiger partial charge on any atom is -0.339 e. The first-order valence-corrected chi connectivity index (χ1v) is 7.13. The van der Waals surface area contributed by atoms with Crippen molar-refractivity contribution in [1.29, 1.82) is 0 Å². The lowest BCUT2D eigenvalue weighted by Crippen LogP contribution is -2.21. The Balaban J connectivity index is 2.16. The Hall–Kier alpha value is -0.570. The molecule has 0 radical (unpaired) electrons. The highest BCUT2D eigenvalue weighted by molar-refractivity contribution is 6.20. The first-order chi connectivity index (χ1) is 8.22. The van der Waals surface area contributed by atoms with Crippen LogP contribution in [0.5, 0.6) is 0 Å². The minimum atomic E-state index is -0.104. The molecule has 1 aliphatic carbocycles. The maximum Gasteiger partial charge on any atom is 0.232 e. The van der Waals surface area contributed by atoms with Gasteiger partial charge < -0.3 is 4.52 Å². The second-order valence-electron chi connectivity index (χ2n) is 5.05. The van der Waals surface area contributed by atoms with Gasteiger partial charge >= 0.3 is 0 Å². The van der Waals surface area contributed by atoms with Crippen LogP contribution in [0.3, 0.4) is 0 Å². The van der Waals surface area contributed by atoms with Crippen molar-refractivity contribution in [3.63, 3.8) is 0 Å². The summed E-state index contributed by atoms with van der Waals surface area (Å²) in [5.74, 6) is 1.48. The van der Waals surface area contributed by atoms with Crippen molar-refractivity contribution in [2.45, 2.75) is 69.6 Å². The molecular formula is C13H21ClN2O. The Morgan fingerprint density at radius 2 is 2.06 bits per heavy atom. The van der Waals surface area contributed by atoms with Crippen molar-refractivity contribution in [3.8, 4) is 0 Å². The standard InChI is InChI=1S/C13H21ClN2O/c1-3-7-10(14)11-15-12(17-16-11)13(4-2)8-5-6-9-13/h10H,3-9H2,1-2H3. The highest BCUT2D eigenvalue weighted by Gasteiger charge is 2.39. The van der Waals surface area contributed by atoms with E-state index in [-0.39, 0.29) is 10.8 Å². The molecule has 3 nitrogen and oxygen atoms in total. The van der Waals surface area contributed by atoms with Gasteiger partial charge in [-0.05, 0) is 25.7 Å². The molecule has 0 spiro atoms. The van der Waals surface area contributed by atoms with Crippen LogP contribution in [0.15, 0.2) is 4.52 Å². The van der Waals surface area contributed by atoms with Crippen LogP contribution in [0.25, 0.3) is 0 Å². The largest absolute Gasteiger partial charge is 0.339 e. The molecule has 0 amide bonds. The van der Waals surface area contributed by atoms with Crippen molar-refractivity contribution in [2.75, 3.05) is 0 Å². The molecule has 17 heavy (non-hydrogen) atoms. The molecule has 1 aromatic heterocycles. The molecule has 1 saturated carbocycles. The molecule has 0 bridgehead atoms. The zero-order valence-corrected chi connectivity index (χ0v) is 11.5.